The van der Waals surface area contributed by atoms with Crippen LogP contribution in [0.3, 0.4) is 0 Å². The van der Waals surface area contributed by atoms with E-state index in [4.69, 9.17) is 10.9 Å². The first-order chi connectivity index (χ1) is 7.79. The molecule has 1 rings (SSSR count). The van der Waals surface area contributed by atoms with Crippen LogP contribution in [0.15, 0.2) is 12.1 Å². The van der Waals surface area contributed by atoms with Crippen molar-refractivity contribution in [2.45, 2.75) is 6.42 Å². The summed E-state index contributed by atoms with van der Waals surface area (Å²) in [5.41, 5.74) is 5.72. The van der Waals surface area contributed by atoms with Crippen molar-refractivity contribution in [3.05, 3.63) is 23.8 Å². The molecule has 1 aromatic carbocycles. The van der Waals surface area contributed by atoms with Crippen molar-refractivity contribution >= 4 is 21.4 Å². The Labute approximate surface area is 97.8 Å². The third kappa shape index (κ3) is 4.53. The summed E-state index contributed by atoms with van der Waals surface area (Å²) in [6.07, 6.45) is 0.247. The second-order valence-corrected chi connectivity index (χ2v) is 5.23. The van der Waals surface area contributed by atoms with Crippen LogP contribution < -0.4 is 16.2 Å². The van der Waals surface area contributed by atoms with Crippen molar-refractivity contribution in [3.63, 3.8) is 0 Å². The predicted octanol–water partition coefficient (Wildman–Crippen LogP) is 0.638. The second kappa shape index (κ2) is 5.28. The minimum atomic E-state index is -3.51. The highest BCUT2D eigenvalue weighted by Gasteiger charge is 2.07. The zero-order valence-corrected chi connectivity index (χ0v) is 9.73. The number of nitrogens with two attached hydrogens (primary N) is 2. The molecule has 0 heterocycles. The molecular formula is C9H13F2N3O2S. The van der Waals surface area contributed by atoms with Gasteiger partial charge in [-0.05, 0) is 6.42 Å². The van der Waals surface area contributed by atoms with Gasteiger partial charge >= 0.3 is 0 Å². The molecule has 0 saturated carbocycles. The van der Waals surface area contributed by atoms with Crippen molar-refractivity contribution in [2.24, 2.45) is 5.14 Å². The van der Waals surface area contributed by atoms with Crippen LogP contribution in [0, 0.1) is 11.6 Å². The molecule has 5 nitrogen and oxygen atoms in total. The average molecular weight is 265 g/mol. The zero-order chi connectivity index (χ0) is 13.1. The van der Waals surface area contributed by atoms with E-state index in [-0.39, 0.29) is 30.1 Å². The fourth-order valence-electron chi connectivity index (χ4n) is 1.21. The number of halogens is 2. The van der Waals surface area contributed by atoms with Gasteiger partial charge in [0.25, 0.3) is 0 Å². The van der Waals surface area contributed by atoms with Gasteiger partial charge in [-0.1, -0.05) is 0 Å². The Morgan fingerprint density at radius 2 is 1.82 bits per heavy atom. The van der Waals surface area contributed by atoms with Gasteiger partial charge in [-0.25, -0.2) is 22.3 Å². The molecule has 0 bridgehead atoms. The summed E-state index contributed by atoms with van der Waals surface area (Å²) in [6.45, 7) is 0.242. The van der Waals surface area contributed by atoms with Gasteiger partial charge in [-0.15, -0.1) is 0 Å². The van der Waals surface area contributed by atoms with Crippen molar-refractivity contribution < 1.29 is 17.2 Å². The topological polar surface area (TPSA) is 98.2 Å². The lowest BCUT2D eigenvalue weighted by Crippen LogP contribution is -2.19. The lowest BCUT2D eigenvalue weighted by molar-refractivity contribution is 0.509. The Hall–Kier alpha value is -1.41. The van der Waals surface area contributed by atoms with Gasteiger partial charge in [0.1, 0.15) is 0 Å². The van der Waals surface area contributed by atoms with E-state index >= 15 is 0 Å². The Balaban J connectivity index is 2.55. The van der Waals surface area contributed by atoms with Gasteiger partial charge in [0.05, 0.1) is 17.1 Å². The molecule has 0 saturated heterocycles. The summed E-state index contributed by atoms with van der Waals surface area (Å²) in [5, 5.41) is 7.50. The summed E-state index contributed by atoms with van der Waals surface area (Å²) in [7, 11) is -3.51. The van der Waals surface area contributed by atoms with Crippen molar-refractivity contribution in [1.82, 2.24) is 0 Å². The molecule has 0 amide bonds. The molecule has 5 N–H and O–H groups in total. The third-order valence-electron chi connectivity index (χ3n) is 2.01. The largest absolute Gasteiger partial charge is 0.397 e. The Morgan fingerprint density at radius 3 is 2.41 bits per heavy atom. The summed E-state index contributed by atoms with van der Waals surface area (Å²) in [4.78, 5) is 0. The molecular weight excluding hydrogens is 252 g/mol. The molecule has 17 heavy (non-hydrogen) atoms. The number of primary sulfonamides is 1. The minimum Gasteiger partial charge on any atom is -0.397 e. The Kier molecular flexibility index (Phi) is 4.24. The molecule has 0 radical (unpaired) electrons. The minimum absolute atomic E-state index is 0.0551. The molecule has 0 aliphatic heterocycles. The second-order valence-electron chi connectivity index (χ2n) is 3.50. The van der Waals surface area contributed by atoms with Gasteiger partial charge in [0.2, 0.25) is 10.0 Å². The van der Waals surface area contributed by atoms with E-state index in [1.54, 1.807) is 0 Å². The number of benzene rings is 1. The maximum absolute atomic E-state index is 12.9. The number of rotatable bonds is 5. The molecule has 0 unspecified atom stereocenters. The Morgan fingerprint density at radius 1 is 1.24 bits per heavy atom. The first-order valence-corrected chi connectivity index (χ1v) is 6.50. The van der Waals surface area contributed by atoms with E-state index in [2.05, 4.69) is 5.32 Å². The number of nitrogen functional groups attached to an aromatic ring is 1. The van der Waals surface area contributed by atoms with Crippen LogP contribution in [0.25, 0.3) is 0 Å². The first kappa shape index (κ1) is 13.7. The van der Waals surface area contributed by atoms with Crippen LogP contribution in [0.1, 0.15) is 6.42 Å². The lowest BCUT2D eigenvalue weighted by atomic mass is 10.2. The number of nitrogens with one attached hydrogen (secondary N) is 1. The van der Waals surface area contributed by atoms with Crippen LogP contribution in [-0.2, 0) is 10.0 Å². The molecule has 0 aliphatic rings. The van der Waals surface area contributed by atoms with Crippen molar-refractivity contribution in [2.75, 3.05) is 23.3 Å². The number of sulfonamides is 1. The maximum atomic E-state index is 12.9. The molecule has 0 atom stereocenters. The molecule has 0 fully saturated rings. The number of hydrogen-bond acceptors (Lipinski definition) is 4. The SMILES string of the molecule is Nc1cc(F)c(F)cc1NCCCS(N)(=O)=O. The first-order valence-electron chi connectivity index (χ1n) is 4.78. The molecule has 0 spiro atoms. The third-order valence-corrected chi connectivity index (χ3v) is 2.87. The smallest absolute Gasteiger partial charge is 0.209 e. The summed E-state index contributed by atoms with van der Waals surface area (Å²) < 4.78 is 46.8. The monoisotopic (exact) mass is 265 g/mol. The highest BCUT2D eigenvalue weighted by Crippen LogP contribution is 2.21. The van der Waals surface area contributed by atoms with Gasteiger partial charge in [0.15, 0.2) is 11.6 Å². The zero-order valence-electron chi connectivity index (χ0n) is 8.91. The quantitative estimate of drug-likeness (QED) is 0.537. The highest BCUT2D eigenvalue weighted by atomic mass is 32.2. The summed E-state index contributed by atoms with van der Waals surface area (Å²) >= 11 is 0. The van der Waals surface area contributed by atoms with Gasteiger partial charge < -0.3 is 11.1 Å². The maximum Gasteiger partial charge on any atom is 0.209 e. The van der Waals surface area contributed by atoms with Crippen molar-refractivity contribution in [1.29, 1.82) is 0 Å². The average Bonchev–Trinajstić information content (AvgIpc) is 2.18. The molecule has 0 aliphatic carbocycles. The van der Waals surface area contributed by atoms with Crippen LogP contribution in [0.4, 0.5) is 20.2 Å². The fraction of sp³-hybridized carbons (Fsp3) is 0.333. The highest BCUT2D eigenvalue weighted by molar-refractivity contribution is 7.89. The summed E-state index contributed by atoms with van der Waals surface area (Å²) in [6, 6.07) is 1.78. The van der Waals surface area contributed by atoms with E-state index in [1.807, 2.05) is 0 Å². The molecule has 1 aromatic rings. The lowest BCUT2D eigenvalue weighted by Gasteiger charge is -2.09. The van der Waals surface area contributed by atoms with Crippen LogP contribution in [0.2, 0.25) is 0 Å². The fourth-order valence-corrected chi connectivity index (χ4v) is 1.76. The van der Waals surface area contributed by atoms with Gasteiger partial charge in [0, 0.05) is 18.7 Å². The standard InChI is InChI=1S/C9H13F2N3O2S/c10-6-4-8(12)9(5-7(6)11)14-2-1-3-17(13,15)16/h4-5,14H,1-3,12H2,(H2,13,15,16). The number of anilines is 2. The molecule has 96 valence electrons. The molecule has 8 heteroatoms. The van der Waals surface area contributed by atoms with Crippen LogP contribution in [0.5, 0.6) is 0 Å². The van der Waals surface area contributed by atoms with Gasteiger partial charge in [-0.2, -0.15) is 0 Å². The van der Waals surface area contributed by atoms with E-state index in [0.717, 1.165) is 12.1 Å². The van der Waals surface area contributed by atoms with Crippen LogP contribution >= 0.6 is 0 Å². The van der Waals surface area contributed by atoms with E-state index in [1.165, 1.54) is 0 Å². The van der Waals surface area contributed by atoms with E-state index in [0.29, 0.717) is 0 Å². The normalized spacial score (nSPS) is 11.5. The van der Waals surface area contributed by atoms with Crippen molar-refractivity contribution in [3.8, 4) is 0 Å². The van der Waals surface area contributed by atoms with E-state index in [9.17, 15) is 17.2 Å². The van der Waals surface area contributed by atoms with Gasteiger partial charge in [-0.3, -0.25) is 0 Å². The number of hydrogen-bond donors (Lipinski definition) is 3. The predicted molar refractivity (Wildman–Crippen MR) is 61.9 cm³/mol. The van der Waals surface area contributed by atoms with E-state index < -0.39 is 21.7 Å². The molecule has 0 aromatic heterocycles. The van der Waals surface area contributed by atoms with Crippen LogP contribution in [-0.4, -0.2) is 20.7 Å². The Bertz CT molecular complexity index is 505. The summed E-state index contributed by atoms with van der Waals surface area (Å²) in [5.74, 6) is -2.24.